The fourth-order valence-corrected chi connectivity index (χ4v) is 2.00. The number of hydrogen-bond donors (Lipinski definition) is 1. The van der Waals surface area contributed by atoms with E-state index in [4.69, 9.17) is 10.5 Å². The summed E-state index contributed by atoms with van der Waals surface area (Å²) >= 11 is 3.37. The van der Waals surface area contributed by atoms with Crippen LogP contribution in [0, 0.1) is 0 Å². The van der Waals surface area contributed by atoms with Crippen molar-refractivity contribution in [1.29, 1.82) is 0 Å². The Morgan fingerprint density at radius 2 is 2.21 bits per heavy atom. The zero-order chi connectivity index (χ0) is 13.8. The molecule has 7 heteroatoms. The van der Waals surface area contributed by atoms with Gasteiger partial charge in [-0.1, -0.05) is 6.92 Å². The quantitative estimate of drug-likeness (QED) is 0.912. The lowest BCUT2D eigenvalue weighted by atomic mass is 10.3. The fourth-order valence-electron chi connectivity index (χ4n) is 1.70. The summed E-state index contributed by atoms with van der Waals surface area (Å²) in [5.41, 5.74) is 7.46. The van der Waals surface area contributed by atoms with Gasteiger partial charge in [-0.3, -0.25) is 4.68 Å². The van der Waals surface area contributed by atoms with E-state index in [0.717, 1.165) is 24.2 Å². The fraction of sp³-hybridized carbons (Fsp3) is 0.417. The van der Waals surface area contributed by atoms with Gasteiger partial charge in [0.25, 0.3) is 0 Å². The molecule has 0 unspecified atom stereocenters. The maximum atomic E-state index is 5.87. The second-order valence-corrected chi connectivity index (χ2v) is 4.91. The Morgan fingerprint density at radius 3 is 2.89 bits per heavy atom. The molecule has 0 aromatic carbocycles. The average molecular weight is 326 g/mol. The third-order valence-corrected chi connectivity index (χ3v) is 3.43. The molecule has 0 saturated carbocycles. The minimum atomic E-state index is 0.378. The van der Waals surface area contributed by atoms with Gasteiger partial charge in [0.15, 0.2) is 5.82 Å². The van der Waals surface area contributed by atoms with Crippen molar-refractivity contribution in [2.24, 2.45) is 0 Å². The summed E-state index contributed by atoms with van der Waals surface area (Å²) in [6.07, 6.45) is 4.69. The van der Waals surface area contributed by atoms with Gasteiger partial charge in [-0.15, -0.1) is 0 Å². The lowest BCUT2D eigenvalue weighted by Crippen LogP contribution is -2.03. The van der Waals surface area contributed by atoms with Gasteiger partial charge in [0.1, 0.15) is 5.82 Å². The number of nitrogens with zero attached hydrogens (tertiary/aromatic N) is 4. The van der Waals surface area contributed by atoms with Crippen molar-refractivity contribution in [3.63, 3.8) is 0 Å². The molecule has 2 rings (SSSR count). The summed E-state index contributed by atoms with van der Waals surface area (Å²) in [4.78, 5) is 8.72. The van der Waals surface area contributed by atoms with Gasteiger partial charge in [0.2, 0.25) is 0 Å². The van der Waals surface area contributed by atoms with Crippen LogP contribution in [0.5, 0.6) is 0 Å². The maximum absolute atomic E-state index is 5.87. The first kappa shape index (κ1) is 14.0. The molecule has 2 aromatic heterocycles. The molecule has 0 aliphatic carbocycles. The van der Waals surface area contributed by atoms with Crippen molar-refractivity contribution in [3.05, 3.63) is 22.6 Å². The van der Waals surface area contributed by atoms with E-state index in [9.17, 15) is 0 Å². The Hall–Kier alpha value is -1.47. The molecule has 0 fully saturated rings. The summed E-state index contributed by atoms with van der Waals surface area (Å²) < 4.78 is 7.65. The number of hydrogen-bond acceptors (Lipinski definition) is 5. The van der Waals surface area contributed by atoms with E-state index in [-0.39, 0.29) is 0 Å². The predicted molar refractivity (Wildman–Crippen MR) is 76.4 cm³/mol. The largest absolute Gasteiger partial charge is 0.383 e. The second kappa shape index (κ2) is 6.12. The van der Waals surface area contributed by atoms with Crippen LogP contribution in [0.2, 0.25) is 0 Å². The zero-order valence-electron chi connectivity index (χ0n) is 10.9. The highest BCUT2D eigenvalue weighted by atomic mass is 79.9. The number of anilines is 1. The van der Waals surface area contributed by atoms with Crippen LogP contribution in [0.25, 0.3) is 11.4 Å². The van der Waals surface area contributed by atoms with Crippen LogP contribution in [0.1, 0.15) is 19.0 Å². The third kappa shape index (κ3) is 3.10. The zero-order valence-corrected chi connectivity index (χ0v) is 12.5. The number of nitrogens with two attached hydrogens (primary N) is 1. The number of aryl methyl sites for hydroxylation is 1. The average Bonchev–Trinajstić information content (AvgIpc) is 2.84. The van der Waals surface area contributed by atoms with Gasteiger partial charge >= 0.3 is 0 Å². The van der Waals surface area contributed by atoms with Crippen molar-refractivity contribution in [3.8, 4) is 11.4 Å². The van der Waals surface area contributed by atoms with E-state index in [1.807, 2.05) is 10.9 Å². The number of halogens is 1. The van der Waals surface area contributed by atoms with Crippen LogP contribution in [-0.4, -0.2) is 26.9 Å². The Labute approximate surface area is 120 Å². The Kier molecular flexibility index (Phi) is 4.49. The van der Waals surface area contributed by atoms with Gasteiger partial charge < -0.3 is 10.5 Å². The maximum Gasteiger partial charge on any atom is 0.165 e. The van der Waals surface area contributed by atoms with Gasteiger partial charge in [-0.05, 0) is 22.4 Å². The monoisotopic (exact) mass is 325 g/mol. The van der Waals surface area contributed by atoms with Crippen molar-refractivity contribution in [1.82, 2.24) is 19.7 Å². The van der Waals surface area contributed by atoms with Crippen LogP contribution in [0.3, 0.4) is 0 Å². The summed E-state index contributed by atoms with van der Waals surface area (Å²) in [5, 5.41) is 4.26. The van der Waals surface area contributed by atoms with E-state index < -0.39 is 0 Å². The first-order valence-corrected chi connectivity index (χ1v) is 6.78. The standard InChI is InChI=1S/C12H16BrN5O/c1-3-4-18-6-8(5-15-18)12-16-9(7-19-2)10(13)11(14)17-12/h5-6H,3-4,7H2,1-2H3,(H2,14,16,17). The molecule has 0 aliphatic heterocycles. The van der Waals surface area contributed by atoms with Crippen LogP contribution in [0.4, 0.5) is 5.82 Å². The Morgan fingerprint density at radius 1 is 1.42 bits per heavy atom. The lowest BCUT2D eigenvalue weighted by Gasteiger charge is -2.07. The first-order chi connectivity index (χ1) is 9.15. The molecular formula is C12H16BrN5O. The van der Waals surface area contributed by atoms with Crippen molar-refractivity contribution >= 4 is 21.7 Å². The minimum absolute atomic E-state index is 0.378. The van der Waals surface area contributed by atoms with E-state index in [0.29, 0.717) is 22.7 Å². The normalized spacial score (nSPS) is 10.9. The van der Waals surface area contributed by atoms with E-state index in [1.165, 1.54) is 0 Å². The molecule has 6 nitrogen and oxygen atoms in total. The smallest absolute Gasteiger partial charge is 0.165 e. The van der Waals surface area contributed by atoms with Crippen LogP contribution >= 0.6 is 15.9 Å². The number of rotatable bonds is 5. The van der Waals surface area contributed by atoms with Gasteiger partial charge in [-0.2, -0.15) is 5.10 Å². The molecule has 2 heterocycles. The molecule has 0 saturated heterocycles. The van der Waals surface area contributed by atoms with Gasteiger partial charge in [0, 0.05) is 19.9 Å². The van der Waals surface area contributed by atoms with E-state index in [2.05, 4.69) is 37.9 Å². The number of methoxy groups -OCH3 is 1. The summed E-state index contributed by atoms with van der Waals surface area (Å²) in [7, 11) is 1.61. The molecule has 0 spiro atoms. The molecule has 0 atom stereocenters. The molecule has 102 valence electrons. The van der Waals surface area contributed by atoms with Crippen molar-refractivity contribution < 1.29 is 4.74 Å². The van der Waals surface area contributed by atoms with Crippen molar-refractivity contribution in [2.75, 3.05) is 12.8 Å². The number of nitrogen functional groups attached to an aromatic ring is 1. The highest BCUT2D eigenvalue weighted by molar-refractivity contribution is 9.10. The SMILES string of the molecule is CCCn1cc(-c2nc(N)c(Br)c(COC)n2)cn1. The molecule has 19 heavy (non-hydrogen) atoms. The van der Waals surface area contributed by atoms with Crippen molar-refractivity contribution in [2.45, 2.75) is 26.5 Å². The topological polar surface area (TPSA) is 78.9 Å². The molecule has 2 N–H and O–H groups in total. The Bertz CT molecular complexity index is 569. The second-order valence-electron chi connectivity index (χ2n) is 4.12. The van der Waals surface area contributed by atoms with E-state index in [1.54, 1.807) is 13.3 Å². The van der Waals surface area contributed by atoms with E-state index >= 15 is 0 Å². The number of aromatic nitrogens is 4. The molecule has 0 bridgehead atoms. The highest BCUT2D eigenvalue weighted by Crippen LogP contribution is 2.25. The minimum Gasteiger partial charge on any atom is -0.383 e. The summed E-state index contributed by atoms with van der Waals surface area (Å²) in [6, 6.07) is 0. The first-order valence-electron chi connectivity index (χ1n) is 5.99. The van der Waals surface area contributed by atoms with Gasteiger partial charge in [-0.25, -0.2) is 9.97 Å². The molecule has 0 amide bonds. The summed E-state index contributed by atoms with van der Waals surface area (Å²) in [5.74, 6) is 0.968. The van der Waals surface area contributed by atoms with Crippen LogP contribution in [0.15, 0.2) is 16.9 Å². The molecule has 0 radical (unpaired) electrons. The lowest BCUT2D eigenvalue weighted by molar-refractivity contribution is 0.181. The highest BCUT2D eigenvalue weighted by Gasteiger charge is 2.12. The third-order valence-electron chi connectivity index (χ3n) is 2.57. The molecule has 2 aromatic rings. The van der Waals surface area contributed by atoms with Gasteiger partial charge in [0.05, 0.1) is 28.5 Å². The number of ether oxygens (including phenoxy) is 1. The summed E-state index contributed by atoms with van der Waals surface area (Å²) in [6.45, 7) is 3.35. The van der Waals surface area contributed by atoms with Crippen LogP contribution < -0.4 is 5.73 Å². The molecular weight excluding hydrogens is 310 g/mol. The Balaban J connectivity index is 2.37. The molecule has 0 aliphatic rings. The van der Waals surface area contributed by atoms with Crippen LogP contribution in [-0.2, 0) is 17.9 Å². The predicted octanol–water partition coefficient (Wildman–Crippen LogP) is 2.24.